The molecule has 0 spiro atoms. The third-order valence-electron chi connectivity index (χ3n) is 21.9. The highest BCUT2D eigenvalue weighted by molar-refractivity contribution is 5.80. The minimum atomic E-state index is -1.98. The second-order valence-electron chi connectivity index (χ2n) is 27.2. The molecule has 5 aliphatic carbocycles. The van der Waals surface area contributed by atoms with Gasteiger partial charge in [-0.25, -0.2) is 0 Å². The molecule has 5 aliphatic heterocycles. The van der Waals surface area contributed by atoms with Crippen molar-refractivity contribution in [1.29, 1.82) is 0 Å². The van der Waals surface area contributed by atoms with E-state index in [0.29, 0.717) is 32.1 Å². The van der Waals surface area contributed by atoms with Gasteiger partial charge < -0.3 is 119 Å². The van der Waals surface area contributed by atoms with Crippen molar-refractivity contribution in [2.75, 3.05) is 19.8 Å². The van der Waals surface area contributed by atoms with Gasteiger partial charge in [-0.15, -0.1) is 0 Å². The molecule has 10 rings (SSSR count). The van der Waals surface area contributed by atoms with Crippen LogP contribution in [0.3, 0.4) is 0 Å². The van der Waals surface area contributed by atoms with Crippen LogP contribution in [-0.2, 0) is 52.2 Å². The normalized spacial score (nSPS) is 56.5. The lowest BCUT2D eigenvalue weighted by Gasteiger charge is -2.71. The van der Waals surface area contributed by atoms with Gasteiger partial charge in [0, 0.05) is 0 Å². The van der Waals surface area contributed by atoms with E-state index in [1.54, 1.807) is 6.92 Å². The second kappa shape index (κ2) is 22.5. The van der Waals surface area contributed by atoms with Gasteiger partial charge in [0.25, 0.3) is 0 Å². The van der Waals surface area contributed by atoms with Crippen LogP contribution >= 0.6 is 0 Å². The number of rotatable bonds is 10. The minimum Gasteiger partial charge on any atom is -0.432 e. The van der Waals surface area contributed by atoms with Crippen LogP contribution in [0, 0.1) is 44.8 Å². The van der Waals surface area contributed by atoms with Crippen molar-refractivity contribution < 1.29 is 124 Å². The summed E-state index contributed by atoms with van der Waals surface area (Å²) < 4.78 is 58.3. The Kier molecular flexibility index (Phi) is 17.3. The van der Waals surface area contributed by atoms with Gasteiger partial charge in [0.2, 0.25) is 6.29 Å². The number of carbonyl (C=O) groups excluding carboxylic acids is 1. The van der Waals surface area contributed by atoms with Crippen molar-refractivity contribution >= 4 is 5.97 Å². The molecule has 4 saturated carbocycles. The molecule has 5 saturated heterocycles. The Morgan fingerprint density at radius 1 is 0.531 bits per heavy atom. The molecular formula is C56H90O25. The van der Waals surface area contributed by atoms with Crippen molar-refractivity contribution in [1.82, 2.24) is 0 Å². The summed E-state index contributed by atoms with van der Waals surface area (Å²) in [5.41, 5.74) is -3.10. The summed E-state index contributed by atoms with van der Waals surface area (Å²) in [5, 5.41) is 156. The van der Waals surface area contributed by atoms with Crippen molar-refractivity contribution in [3.63, 3.8) is 0 Å². The van der Waals surface area contributed by atoms with Crippen LogP contribution < -0.4 is 0 Å². The predicted molar refractivity (Wildman–Crippen MR) is 273 cm³/mol. The molecule has 0 radical (unpaired) electrons. The van der Waals surface area contributed by atoms with Gasteiger partial charge >= 0.3 is 5.97 Å². The molecule has 14 N–H and O–H groups in total. The fourth-order valence-electron chi connectivity index (χ4n) is 16.7. The number of ether oxygens (including phenoxy) is 10. The Morgan fingerprint density at radius 3 is 1.81 bits per heavy atom. The molecular weight excluding hydrogens is 1070 g/mol. The molecule has 25 heteroatoms. The quantitative estimate of drug-likeness (QED) is 0.0791. The standard InChI is InChI=1S/C56H90O25/c1-22-33(61)36(64)44(49(75-22)81-50(70)56-16-15-51(3,4)17-25(56)24-9-10-29-52(5)13-12-31(59)55(8,71)30(52)11-14-53(29,6)54(24,7)18-32(56)60)80-48-40(68)37(65)42(23(2)76-48)78-47-41(69)43(27(58)20-73-47)79-46-39(67)35(63)28(21-74-46)77-45-38(66)34(62)26(57)19-72-45/h9,22-23,25-49,57-69,71H,10-21H2,1-8H3/t22-,23+,25+,26+,27-,28+,29-,30-,31+,32-,33+,34+,35+,36+,37+,38-,39-,40-,41-,42+,43+,44-,45+,46+,47+,48+,49+,52-,53-,54-,55+,56-/m1/s1. The summed E-state index contributed by atoms with van der Waals surface area (Å²) in [5.74, 6) is -1.28. The maximum Gasteiger partial charge on any atom is 0.317 e. The number of hydrogen-bond acceptors (Lipinski definition) is 25. The number of aliphatic hydroxyl groups excluding tert-OH is 13. The predicted octanol–water partition coefficient (Wildman–Crippen LogP) is -2.54. The monoisotopic (exact) mass is 1160 g/mol. The lowest BCUT2D eigenvalue weighted by molar-refractivity contribution is -0.380. The Labute approximate surface area is 470 Å². The van der Waals surface area contributed by atoms with Gasteiger partial charge in [-0.1, -0.05) is 46.3 Å². The zero-order valence-corrected chi connectivity index (χ0v) is 47.4. The molecule has 0 aromatic carbocycles. The van der Waals surface area contributed by atoms with E-state index in [2.05, 4.69) is 40.7 Å². The topological polar surface area (TPSA) is 393 Å². The molecule has 81 heavy (non-hydrogen) atoms. The van der Waals surface area contributed by atoms with Crippen LogP contribution in [0.25, 0.3) is 0 Å². The molecule has 32 atom stereocenters. The van der Waals surface area contributed by atoms with E-state index in [4.69, 9.17) is 47.4 Å². The van der Waals surface area contributed by atoms with Gasteiger partial charge in [0.1, 0.15) is 90.9 Å². The van der Waals surface area contributed by atoms with Crippen LogP contribution in [0.2, 0.25) is 0 Å². The van der Waals surface area contributed by atoms with E-state index >= 15 is 4.79 Å². The highest BCUT2D eigenvalue weighted by atomic mass is 16.8. The number of carbonyl (C=O) groups is 1. The number of allylic oxidation sites excluding steroid dienone is 2. The van der Waals surface area contributed by atoms with Crippen molar-refractivity contribution in [2.45, 2.75) is 266 Å². The van der Waals surface area contributed by atoms with E-state index in [-0.39, 0.29) is 47.5 Å². The van der Waals surface area contributed by atoms with E-state index in [1.165, 1.54) is 13.8 Å². The summed E-state index contributed by atoms with van der Waals surface area (Å²) in [6, 6.07) is 0. The fraction of sp³-hybridized carbons (Fsp3) is 0.946. The average molecular weight is 1160 g/mol. The minimum absolute atomic E-state index is 0.111. The first-order valence-electron chi connectivity index (χ1n) is 29.1. The zero-order valence-electron chi connectivity index (χ0n) is 47.4. The first-order chi connectivity index (χ1) is 37.8. The summed E-state index contributed by atoms with van der Waals surface area (Å²) in [6.45, 7) is 14.3. The SMILES string of the molecule is C[C@@H]1O[C@@H](O[C@H]2[C@H](OC(=O)[C@]34CCC(C)(C)C[C@H]3C3=CC[C@@H]5[C@@]6(C)CC[C@H](O)[C@@](C)(O)[C@@H]6CC[C@@]5(C)[C@]3(C)C[C@H]4O)O[C@H](C)[C@H](O)[C@@H]2O)[C@H](O)[C@H](O)[C@H]1O[C@@H]1OC[C@@H](O)[C@H](O[C@@H]2OC[C@H](O[C@@H]3OC[C@H](O)[C@H](O)[C@H]3O)[C@H](O)[C@H]2O)[C@H]1O. The molecule has 0 aromatic rings. The lowest BCUT2D eigenvalue weighted by atomic mass is 9.34. The lowest BCUT2D eigenvalue weighted by Crippen LogP contribution is -2.69. The molecule has 0 unspecified atom stereocenters. The number of aliphatic hydroxyl groups is 14. The summed E-state index contributed by atoms with van der Waals surface area (Å²) in [6.07, 6.45) is -30.7. The molecule has 0 aromatic heterocycles. The van der Waals surface area contributed by atoms with Crippen LogP contribution in [0.15, 0.2) is 11.6 Å². The van der Waals surface area contributed by atoms with Crippen LogP contribution in [0.1, 0.15) is 113 Å². The van der Waals surface area contributed by atoms with Crippen LogP contribution in [0.4, 0.5) is 0 Å². The Morgan fingerprint density at radius 2 is 1.11 bits per heavy atom. The maximum atomic E-state index is 15.4. The first kappa shape index (κ1) is 62.3. The second-order valence-corrected chi connectivity index (χ2v) is 27.2. The van der Waals surface area contributed by atoms with E-state index in [9.17, 15) is 71.5 Å². The number of fused-ring (bicyclic) bond motifs is 7. The highest BCUT2D eigenvalue weighted by Crippen LogP contribution is 2.75. The summed E-state index contributed by atoms with van der Waals surface area (Å²) in [7, 11) is 0. The molecule has 25 nitrogen and oxygen atoms in total. The molecule has 9 fully saturated rings. The van der Waals surface area contributed by atoms with Gasteiger partial charge in [0.15, 0.2) is 31.3 Å². The van der Waals surface area contributed by atoms with E-state index < -0.39 is 189 Å². The fourth-order valence-corrected chi connectivity index (χ4v) is 16.7. The third kappa shape index (κ3) is 10.3. The Bertz CT molecular complexity index is 2270. The van der Waals surface area contributed by atoms with E-state index in [0.717, 1.165) is 18.4 Å². The molecule has 10 aliphatic rings. The van der Waals surface area contributed by atoms with Crippen LogP contribution in [-0.4, -0.2) is 250 Å². The maximum absolute atomic E-state index is 15.4. The summed E-state index contributed by atoms with van der Waals surface area (Å²) >= 11 is 0. The number of hydrogen-bond donors (Lipinski definition) is 14. The van der Waals surface area contributed by atoms with E-state index in [1.807, 2.05) is 0 Å². The van der Waals surface area contributed by atoms with Gasteiger partial charge in [-0.05, 0) is 118 Å². The van der Waals surface area contributed by atoms with Gasteiger partial charge in [-0.2, -0.15) is 0 Å². The third-order valence-corrected chi connectivity index (χ3v) is 21.9. The summed E-state index contributed by atoms with van der Waals surface area (Å²) in [4.78, 5) is 15.4. The van der Waals surface area contributed by atoms with Gasteiger partial charge in [-0.3, -0.25) is 4.79 Å². The zero-order chi connectivity index (χ0) is 59.0. The molecule has 0 bridgehead atoms. The van der Waals surface area contributed by atoms with Crippen molar-refractivity contribution in [3.8, 4) is 0 Å². The average Bonchev–Trinajstić information content (AvgIpc) is 1.44. The highest BCUT2D eigenvalue weighted by Gasteiger charge is 2.72. The van der Waals surface area contributed by atoms with Crippen molar-refractivity contribution in [2.24, 2.45) is 44.8 Å². The largest absolute Gasteiger partial charge is 0.432 e. The molecule has 5 heterocycles. The van der Waals surface area contributed by atoms with Crippen molar-refractivity contribution in [3.05, 3.63) is 11.6 Å². The van der Waals surface area contributed by atoms with Gasteiger partial charge in [0.05, 0.1) is 49.8 Å². The molecule has 464 valence electrons. The van der Waals surface area contributed by atoms with Crippen LogP contribution in [0.5, 0.6) is 0 Å². The first-order valence-corrected chi connectivity index (χ1v) is 29.1. The Balaban J connectivity index is 0.815. The smallest absolute Gasteiger partial charge is 0.317 e. The molecule has 0 amide bonds. The number of esters is 1. The Hall–Kier alpha value is -1.71.